The van der Waals surface area contributed by atoms with Gasteiger partial charge in [0.1, 0.15) is 5.82 Å². The van der Waals surface area contributed by atoms with E-state index >= 15 is 0 Å². The molecule has 0 bridgehead atoms. The summed E-state index contributed by atoms with van der Waals surface area (Å²) >= 11 is 0. The van der Waals surface area contributed by atoms with Crippen LogP contribution >= 0.6 is 0 Å². The summed E-state index contributed by atoms with van der Waals surface area (Å²) in [4.78, 5) is 25.2. The Hall–Kier alpha value is -1.75. The van der Waals surface area contributed by atoms with Crippen LogP contribution in [-0.2, 0) is 16.0 Å². The molecular weight excluding hydrogens is 259 g/mol. The Morgan fingerprint density at radius 3 is 2.35 bits per heavy atom. The predicted molar refractivity (Wildman–Crippen MR) is 75.9 cm³/mol. The summed E-state index contributed by atoms with van der Waals surface area (Å²) in [7, 11) is 0. The van der Waals surface area contributed by atoms with Crippen LogP contribution in [0.4, 0.5) is 4.39 Å². The van der Waals surface area contributed by atoms with E-state index in [9.17, 15) is 14.0 Å². The fourth-order valence-corrected chi connectivity index (χ4v) is 1.87. The average molecular weight is 280 g/mol. The van der Waals surface area contributed by atoms with Gasteiger partial charge in [0.05, 0.1) is 13.1 Å². The van der Waals surface area contributed by atoms with E-state index in [1.54, 1.807) is 17.0 Å². The van der Waals surface area contributed by atoms with Crippen molar-refractivity contribution in [3.63, 3.8) is 0 Å². The maximum absolute atomic E-state index is 12.8. The van der Waals surface area contributed by atoms with Gasteiger partial charge in [-0.3, -0.25) is 14.5 Å². The molecule has 1 rings (SSSR count). The molecule has 0 spiro atoms. The van der Waals surface area contributed by atoms with Crippen LogP contribution in [0.25, 0.3) is 0 Å². The normalized spacial score (nSPS) is 10.6. The van der Waals surface area contributed by atoms with E-state index in [1.165, 1.54) is 12.1 Å². The first-order valence-corrected chi connectivity index (χ1v) is 6.80. The standard InChI is InChI=1S/C15H21FN2O2/c1-3-17-15(20)11-18(4-2)10-14(19)9-12-5-7-13(16)8-6-12/h5-8H,3-4,9-11H2,1-2H3,(H,17,20). The topological polar surface area (TPSA) is 49.4 Å². The number of rotatable bonds is 8. The van der Waals surface area contributed by atoms with Crippen LogP contribution in [0.15, 0.2) is 24.3 Å². The molecule has 1 aromatic rings. The lowest BCUT2D eigenvalue weighted by atomic mass is 10.1. The highest BCUT2D eigenvalue weighted by molar-refractivity contribution is 5.84. The number of Topliss-reactive ketones (excluding diaryl/α,β-unsaturated/α-hetero) is 1. The predicted octanol–water partition coefficient (Wildman–Crippen LogP) is 1.40. The summed E-state index contributed by atoms with van der Waals surface area (Å²) in [5, 5.41) is 2.71. The first-order chi connectivity index (χ1) is 9.55. The highest BCUT2D eigenvalue weighted by atomic mass is 19.1. The molecule has 110 valence electrons. The van der Waals surface area contributed by atoms with Crippen molar-refractivity contribution in [3.05, 3.63) is 35.6 Å². The average Bonchev–Trinajstić information content (AvgIpc) is 2.41. The molecular formula is C15H21FN2O2. The van der Waals surface area contributed by atoms with Crippen LogP contribution in [-0.4, -0.2) is 42.8 Å². The molecule has 0 aliphatic rings. The molecule has 0 heterocycles. The number of likely N-dealkylation sites (N-methyl/N-ethyl adjacent to an activating group) is 2. The van der Waals surface area contributed by atoms with Crippen molar-refractivity contribution in [1.82, 2.24) is 10.2 Å². The highest BCUT2D eigenvalue weighted by Crippen LogP contribution is 2.04. The Balaban J connectivity index is 2.46. The highest BCUT2D eigenvalue weighted by Gasteiger charge is 2.13. The number of carbonyl (C=O) groups excluding carboxylic acids is 2. The van der Waals surface area contributed by atoms with Gasteiger partial charge in [-0.1, -0.05) is 19.1 Å². The summed E-state index contributed by atoms with van der Waals surface area (Å²) in [6.45, 7) is 5.43. The van der Waals surface area contributed by atoms with Crippen molar-refractivity contribution in [2.75, 3.05) is 26.2 Å². The van der Waals surface area contributed by atoms with Crippen molar-refractivity contribution < 1.29 is 14.0 Å². The SMILES string of the molecule is CCNC(=O)CN(CC)CC(=O)Cc1ccc(F)cc1. The van der Waals surface area contributed by atoms with Crippen molar-refractivity contribution >= 4 is 11.7 Å². The number of benzene rings is 1. The molecule has 0 unspecified atom stereocenters. The molecule has 4 nitrogen and oxygen atoms in total. The molecule has 5 heteroatoms. The van der Waals surface area contributed by atoms with Crippen molar-refractivity contribution in [2.45, 2.75) is 20.3 Å². The van der Waals surface area contributed by atoms with Gasteiger partial charge in [0.25, 0.3) is 0 Å². The van der Waals surface area contributed by atoms with Crippen LogP contribution in [0.2, 0.25) is 0 Å². The Labute approximate surface area is 119 Å². The monoisotopic (exact) mass is 280 g/mol. The third-order valence-electron chi connectivity index (χ3n) is 2.90. The largest absolute Gasteiger partial charge is 0.355 e. The van der Waals surface area contributed by atoms with Gasteiger partial charge in [-0.15, -0.1) is 0 Å². The molecule has 0 atom stereocenters. The summed E-state index contributed by atoms with van der Waals surface area (Å²) < 4.78 is 12.8. The van der Waals surface area contributed by atoms with Gasteiger partial charge in [0.2, 0.25) is 5.91 Å². The third-order valence-corrected chi connectivity index (χ3v) is 2.90. The summed E-state index contributed by atoms with van der Waals surface area (Å²) in [5.41, 5.74) is 0.783. The van der Waals surface area contributed by atoms with Crippen molar-refractivity contribution in [1.29, 1.82) is 0 Å². The lowest BCUT2D eigenvalue weighted by Gasteiger charge is -2.18. The van der Waals surface area contributed by atoms with Gasteiger partial charge in [-0.05, 0) is 31.2 Å². The maximum atomic E-state index is 12.8. The fraction of sp³-hybridized carbons (Fsp3) is 0.467. The second-order valence-corrected chi connectivity index (χ2v) is 4.60. The van der Waals surface area contributed by atoms with Crippen LogP contribution < -0.4 is 5.32 Å². The second-order valence-electron chi connectivity index (χ2n) is 4.60. The van der Waals surface area contributed by atoms with Crippen molar-refractivity contribution in [3.8, 4) is 0 Å². The fourth-order valence-electron chi connectivity index (χ4n) is 1.87. The summed E-state index contributed by atoms with van der Waals surface area (Å²) in [5.74, 6) is -0.376. The molecule has 0 saturated carbocycles. The van der Waals surface area contributed by atoms with E-state index in [0.29, 0.717) is 13.1 Å². The van der Waals surface area contributed by atoms with Gasteiger partial charge < -0.3 is 5.32 Å². The molecule has 0 aliphatic carbocycles. The van der Waals surface area contributed by atoms with Gasteiger partial charge in [0, 0.05) is 13.0 Å². The maximum Gasteiger partial charge on any atom is 0.234 e. The van der Waals surface area contributed by atoms with Crippen LogP contribution in [0.1, 0.15) is 19.4 Å². The lowest BCUT2D eigenvalue weighted by Crippen LogP contribution is -2.39. The van der Waals surface area contributed by atoms with E-state index in [1.807, 2.05) is 13.8 Å². The molecule has 0 aromatic heterocycles. The number of amides is 1. The minimum Gasteiger partial charge on any atom is -0.355 e. The smallest absolute Gasteiger partial charge is 0.234 e. The number of nitrogens with zero attached hydrogens (tertiary/aromatic N) is 1. The Morgan fingerprint density at radius 2 is 1.80 bits per heavy atom. The zero-order valence-electron chi connectivity index (χ0n) is 12.0. The molecule has 1 aromatic carbocycles. The van der Waals surface area contributed by atoms with E-state index in [4.69, 9.17) is 0 Å². The number of hydrogen-bond donors (Lipinski definition) is 1. The molecule has 0 fully saturated rings. The van der Waals surface area contributed by atoms with Crippen LogP contribution in [0, 0.1) is 5.82 Å². The first kappa shape index (κ1) is 16.3. The van der Waals surface area contributed by atoms with Gasteiger partial charge in [-0.25, -0.2) is 4.39 Å². The number of ketones is 1. The van der Waals surface area contributed by atoms with E-state index in [0.717, 1.165) is 5.56 Å². The molecule has 0 aliphatic heterocycles. The van der Waals surface area contributed by atoms with Crippen LogP contribution in [0.5, 0.6) is 0 Å². The minimum atomic E-state index is -0.312. The Bertz CT molecular complexity index is 446. The van der Waals surface area contributed by atoms with E-state index in [2.05, 4.69) is 5.32 Å². The number of hydrogen-bond acceptors (Lipinski definition) is 3. The van der Waals surface area contributed by atoms with Gasteiger partial charge in [0.15, 0.2) is 5.78 Å². The molecule has 20 heavy (non-hydrogen) atoms. The Kier molecular flexibility index (Phi) is 6.87. The Morgan fingerprint density at radius 1 is 1.15 bits per heavy atom. The summed E-state index contributed by atoms with van der Waals surface area (Å²) in [6.07, 6.45) is 0.256. The quantitative estimate of drug-likeness (QED) is 0.783. The second kappa shape index (κ2) is 8.43. The third kappa shape index (κ3) is 5.93. The van der Waals surface area contributed by atoms with E-state index in [-0.39, 0.29) is 37.0 Å². The first-order valence-electron chi connectivity index (χ1n) is 6.80. The molecule has 1 amide bonds. The zero-order chi connectivity index (χ0) is 15.0. The lowest BCUT2D eigenvalue weighted by molar-refractivity contribution is -0.123. The zero-order valence-corrected chi connectivity index (χ0v) is 12.0. The van der Waals surface area contributed by atoms with Crippen molar-refractivity contribution in [2.24, 2.45) is 0 Å². The van der Waals surface area contributed by atoms with E-state index < -0.39 is 0 Å². The number of halogens is 1. The molecule has 0 saturated heterocycles. The number of carbonyl (C=O) groups is 2. The number of nitrogens with one attached hydrogen (secondary N) is 1. The minimum absolute atomic E-state index is 0.0164. The summed E-state index contributed by atoms with van der Waals surface area (Å²) in [6, 6.07) is 5.89. The van der Waals surface area contributed by atoms with Gasteiger partial charge >= 0.3 is 0 Å². The van der Waals surface area contributed by atoms with Crippen LogP contribution in [0.3, 0.4) is 0 Å². The van der Waals surface area contributed by atoms with Gasteiger partial charge in [-0.2, -0.15) is 0 Å². The molecule has 0 radical (unpaired) electrons. The molecule has 1 N–H and O–H groups in total.